The van der Waals surface area contributed by atoms with Gasteiger partial charge in [-0.05, 0) is 36.2 Å². The number of carbonyl (C=O) groups excluding carboxylic acids is 1. The van der Waals surface area contributed by atoms with Gasteiger partial charge in [0.25, 0.3) is 0 Å². The van der Waals surface area contributed by atoms with Crippen molar-refractivity contribution in [1.29, 1.82) is 0 Å². The predicted molar refractivity (Wildman–Crippen MR) is 109 cm³/mol. The summed E-state index contributed by atoms with van der Waals surface area (Å²) >= 11 is 11.7. The van der Waals surface area contributed by atoms with Crippen molar-refractivity contribution < 1.29 is 4.79 Å². The van der Waals surface area contributed by atoms with Crippen molar-refractivity contribution in [3.63, 3.8) is 0 Å². The van der Waals surface area contributed by atoms with Crippen molar-refractivity contribution in [3.8, 4) is 0 Å². The first-order valence-electron chi connectivity index (χ1n) is 8.54. The first-order valence-corrected chi connectivity index (χ1v) is 9.45. The van der Waals surface area contributed by atoms with Gasteiger partial charge in [-0.3, -0.25) is 9.78 Å². The molecule has 0 atom stereocenters. The highest BCUT2D eigenvalue weighted by Gasteiger charge is 2.11. The maximum Gasteiger partial charge on any atom is 0.240 e. The molecule has 0 bridgehead atoms. The number of nitrogens with zero attached hydrogens (tertiary/aromatic N) is 3. The molecule has 0 spiro atoms. The molecule has 0 aliphatic heterocycles. The van der Waals surface area contributed by atoms with E-state index in [-0.39, 0.29) is 5.91 Å². The molecule has 2 aromatic heterocycles. The van der Waals surface area contributed by atoms with Crippen molar-refractivity contribution in [2.75, 3.05) is 5.88 Å². The van der Waals surface area contributed by atoms with Crippen molar-refractivity contribution in [2.45, 2.75) is 19.3 Å². The largest absolute Gasteiger partial charge is 0.273 e. The second-order valence-corrected chi connectivity index (χ2v) is 6.66. The van der Waals surface area contributed by atoms with E-state index in [0.717, 1.165) is 16.5 Å². The number of para-hydroxylation sites is 1. The number of aromatic nitrogens is 2. The van der Waals surface area contributed by atoms with E-state index in [9.17, 15) is 4.79 Å². The average molecular weight is 401 g/mol. The van der Waals surface area contributed by atoms with Gasteiger partial charge >= 0.3 is 0 Å². The summed E-state index contributed by atoms with van der Waals surface area (Å²) in [5, 5.41) is 5.72. The number of fused-ring (bicyclic) bond motifs is 1. The molecule has 0 saturated heterocycles. The summed E-state index contributed by atoms with van der Waals surface area (Å²) < 4.78 is 0. The number of alkyl halides is 1. The van der Waals surface area contributed by atoms with Crippen LogP contribution in [0.2, 0.25) is 5.15 Å². The predicted octanol–water partition coefficient (Wildman–Crippen LogP) is 4.37. The summed E-state index contributed by atoms with van der Waals surface area (Å²) in [4.78, 5) is 20.7. The summed E-state index contributed by atoms with van der Waals surface area (Å²) in [7, 11) is 0. The minimum absolute atomic E-state index is 0.185. The molecule has 7 heteroatoms. The Morgan fingerprint density at radius 1 is 1.11 bits per heavy atom. The third-order valence-electron chi connectivity index (χ3n) is 3.96. The van der Waals surface area contributed by atoms with Crippen LogP contribution in [0.3, 0.4) is 0 Å². The van der Waals surface area contributed by atoms with E-state index < -0.39 is 0 Å². The fraction of sp³-hybridized carbons (Fsp3) is 0.200. The van der Waals surface area contributed by atoms with Crippen LogP contribution in [0, 0.1) is 0 Å². The number of hydrogen-bond donors (Lipinski definition) is 1. The number of carbonyl (C=O) groups is 1. The number of benzene rings is 1. The number of rotatable bonds is 7. The summed E-state index contributed by atoms with van der Waals surface area (Å²) in [6.45, 7) is 0. The van der Waals surface area contributed by atoms with Crippen LogP contribution in [0.4, 0.5) is 0 Å². The molecule has 138 valence electrons. The van der Waals surface area contributed by atoms with E-state index in [1.54, 1.807) is 18.3 Å². The van der Waals surface area contributed by atoms with Crippen LogP contribution >= 0.6 is 23.2 Å². The molecule has 1 amide bonds. The van der Waals surface area contributed by atoms with Gasteiger partial charge in [0.15, 0.2) is 0 Å². The van der Waals surface area contributed by atoms with Crippen LogP contribution in [0.1, 0.15) is 24.1 Å². The van der Waals surface area contributed by atoms with Crippen LogP contribution < -0.4 is 5.43 Å². The fourth-order valence-corrected chi connectivity index (χ4v) is 2.96. The second-order valence-electron chi connectivity index (χ2n) is 5.90. The minimum Gasteiger partial charge on any atom is -0.273 e. The fourth-order valence-electron chi connectivity index (χ4n) is 2.66. The first-order chi connectivity index (χ1) is 13.2. The van der Waals surface area contributed by atoms with Gasteiger partial charge < -0.3 is 0 Å². The summed E-state index contributed by atoms with van der Waals surface area (Å²) in [5.41, 5.74) is 5.77. The lowest BCUT2D eigenvalue weighted by molar-refractivity contribution is -0.121. The van der Waals surface area contributed by atoms with Gasteiger partial charge in [0, 0.05) is 30.3 Å². The van der Waals surface area contributed by atoms with Gasteiger partial charge in [0.1, 0.15) is 5.15 Å². The molecule has 5 nitrogen and oxygen atoms in total. The molecule has 3 rings (SSSR count). The van der Waals surface area contributed by atoms with Crippen molar-refractivity contribution >= 4 is 45.7 Å². The highest BCUT2D eigenvalue weighted by molar-refractivity contribution is 6.29. The van der Waals surface area contributed by atoms with Gasteiger partial charge in [-0.1, -0.05) is 35.9 Å². The lowest BCUT2D eigenvalue weighted by Crippen LogP contribution is -2.21. The molecule has 0 radical (unpaired) electrons. The van der Waals surface area contributed by atoms with Gasteiger partial charge in [-0.15, -0.1) is 11.6 Å². The minimum atomic E-state index is -0.185. The SMILES string of the molecule is O=C(CCCCl)NN=C(Cc1ccnc2ccccc12)c1cccc(Cl)n1. The molecule has 2 heterocycles. The lowest BCUT2D eigenvalue weighted by Gasteiger charge is -2.10. The molecule has 0 aliphatic carbocycles. The molecule has 0 unspecified atom stereocenters. The molecule has 0 fully saturated rings. The van der Waals surface area contributed by atoms with E-state index in [4.69, 9.17) is 23.2 Å². The smallest absolute Gasteiger partial charge is 0.240 e. The number of pyridine rings is 2. The van der Waals surface area contributed by atoms with Gasteiger partial charge in [0.05, 0.1) is 16.9 Å². The van der Waals surface area contributed by atoms with Crippen LogP contribution in [0.5, 0.6) is 0 Å². The van der Waals surface area contributed by atoms with Gasteiger partial charge in [-0.25, -0.2) is 10.4 Å². The van der Waals surface area contributed by atoms with E-state index >= 15 is 0 Å². The highest BCUT2D eigenvalue weighted by Crippen LogP contribution is 2.18. The lowest BCUT2D eigenvalue weighted by atomic mass is 10.0. The van der Waals surface area contributed by atoms with Gasteiger partial charge in [0.2, 0.25) is 5.91 Å². The molecular formula is C20H18Cl2N4O. The normalized spacial score (nSPS) is 11.6. The molecular weight excluding hydrogens is 383 g/mol. The molecule has 3 aromatic rings. The number of hydrogen-bond acceptors (Lipinski definition) is 4. The molecule has 0 saturated carbocycles. The zero-order chi connectivity index (χ0) is 19.1. The second kappa shape index (κ2) is 9.44. The Morgan fingerprint density at radius 3 is 2.78 bits per heavy atom. The Labute approximate surface area is 167 Å². The van der Waals surface area contributed by atoms with E-state index in [2.05, 4.69) is 20.5 Å². The van der Waals surface area contributed by atoms with Crippen LogP contribution in [-0.4, -0.2) is 27.5 Å². The molecule has 1 N–H and O–H groups in total. The van der Waals surface area contributed by atoms with E-state index in [0.29, 0.717) is 41.7 Å². The summed E-state index contributed by atoms with van der Waals surface area (Å²) in [5.74, 6) is 0.248. The molecule has 0 aliphatic rings. The van der Waals surface area contributed by atoms with Crippen LogP contribution in [0.25, 0.3) is 10.9 Å². The molecule has 27 heavy (non-hydrogen) atoms. The summed E-state index contributed by atoms with van der Waals surface area (Å²) in [6.07, 6.45) is 3.16. The monoisotopic (exact) mass is 400 g/mol. The average Bonchev–Trinajstić information content (AvgIpc) is 2.69. The third kappa shape index (κ3) is 5.25. The Balaban J connectivity index is 1.93. The van der Waals surface area contributed by atoms with Crippen molar-refractivity contribution in [3.05, 3.63) is 71.1 Å². The van der Waals surface area contributed by atoms with E-state index in [1.165, 1.54) is 0 Å². The van der Waals surface area contributed by atoms with Crippen LogP contribution in [0.15, 0.2) is 59.8 Å². The van der Waals surface area contributed by atoms with E-state index in [1.807, 2.05) is 36.4 Å². The maximum atomic E-state index is 11.9. The molecule has 1 aromatic carbocycles. The Kier molecular flexibility index (Phi) is 6.74. The van der Waals surface area contributed by atoms with Crippen LogP contribution in [-0.2, 0) is 11.2 Å². The summed E-state index contributed by atoms with van der Waals surface area (Å²) in [6, 6.07) is 15.2. The zero-order valence-corrected chi connectivity index (χ0v) is 16.0. The number of amides is 1. The maximum absolute atomic E-state index is 11.9. The number of halogens is 2. The van der Waals surface area contributed by atoms with Gasteiger partial charge in [-0.2, -0.15) is 5.10 Å². The van der Waals surface area contributed by atoms with Crippen molar-refractivity contribution in [1.82, 2.24) is 15.4 Å². The quantitative estimate of drug-likeness (QED) is 0.277. The third-order valence-corrected chi connectivity index (χ3v) is 4.44. The Hall–Kier alpha value is -2.50. The highest BCUT2D eigenvalue weighted by atomic mass is 35.5. The Bertz CT molecular complexity index is 970. The number of nitrogens with one attached hydrogen (secondary N) is 1. The standard InChI is InChI=1S/C20H18Cl2N4O/c21-11-4-9-20(27)26-25-18(17-7-3-8-19(22)24-17)13-14-10-12-23-16-6-2-1-5-15(14)16/h1-3,5-8,10,12H,4,9,11,13H2,(H,26,27). The topological polar surface area (TPSA) is 67.2 Å². The Morgan fingerprint density at radius 2 is 1.96 bits per heavy atom. The number of hydrazone groups is 1. The first kappa shape index (κ1) is 19.3. The van der Waals surface area contributed by atoms with Crippen molar-refractivity contribution in [2.24, 2.45) is 5.10 Å². The zero-order valence-electron chi connectivity index (χ0n) is 14.5.